The first kappa shape index (κ1) is 11.0. The highest BCUT2D eigenvalue weighted by atomic mass is 19.1. The van der Waals surface area contributed by atoms with Crippen molar-refractivity contribution in [3.05, 3.63) is 24.0 Å². The molecule has 0 amide bonds. The molecule has 0 spiro atoms. The van der Waals surface area contributed by atoms with Gasteiger partial charge in [-0.15, -0.1) is 0 Å². The fourth-order valence-electron chi connectivity index (χ4n) is 2.91. The molecule has 3 heterocycles. The second-order valence-corrected chi connectivity index (χ2v) is 5.14. The monoisotopic (exact) mass is 259 g/mol. The van der Waals surface area contributed by atoms with Gasteiger partial charge < -0.3 is 9.64 Å². The first-order valence-electron chi connectivity index (χ1n) is 6.68. The smallest absolute Gasteiger partial charge is 0.258 e. The molecule has 2 aliphatic rings. The molecule has 1 unspecified atom stereocenters. The second-order valence-electron chi connectivity index (χ2n) is 5.14. The van der Waals surface area contributed by atoms with Gasteiger partial charge in [-0.3, -0.25) is 0 Å². The Labute approximate surface area is 110 Å². The summed E-state index contributed by atoms with van der Waals surface area (Å²) in [5, 5.41) is 0. The number of nitrogens with zero attached hydrogens (tertiary/aromatic N) is 3. The molecule has 0 saturated carbocycles. The first-order valence-corrected chi connectivity index (χ1v) is 6.68. The van der Waals surface area contributed by atoms with E-state index in [0.717, 1.165) is 24.3 Å². The number of fused-ring (bicyclic) bond motifs is 4. The first-order chi connectivity index (χ1) is 9.31. The quantitative estimate of drug-likeness (QED) is 0.728. The SMILES string of the molecule is Fc1ccc2nc3c(nc2c1)OCC1CCCCN31. The third-order valence-corrected chi connectivity index (χ3v) is 3.89. The molecule has 19 heavy (non-hydrogen) atoms. The lowest BCUT2D eigenvalue weighted by Crippen LogP contribution is -2.46. The maximum atomic E-state index is 13.2. The Hall–Kier alpha value is -1.91. The summed E-state index contributed by atoms with van der Waals surface area (Å²) in [4.78, 5) is 11.3. The summed E-state index contributed by atoms with van der Waals surface area (Å²) in [6.07, 6.45) is 3.56. The minimum atomic E-state index is -0.298. The minimum Gasteiger partial charge on any atom is -0.473 e. The van der Waals surface area contributed by atoms with Gasteiger partial charge in [0, 0.05) is 12.6 Å². The Bertz CT molecular complexity index is 646. The minimum absolute atomic E-state index is 0.298. The van der Waals surface area contributed by atoms with E-state index < -0.39 is 0 Å². The molecule has 4 rings (SSSR count). The highest BCUT2D eigenvalue weighted by Crippen LogP contribution is 2.35. The molecular weight excluding hydrogens is 245 g/mol. The van der Waals surface area contributed by atoms with Crippen LogP contribution in [-0.2, 0) is 0 Å². The van der Waals surface area contributed by atoms with Gasteiger partial charge in [0.05, 0.1) is 17.1 Å². The Morgan fingerprint density at radius 1 is 1.21 bits per heavy atom. The lowest BCUT2D eigenvalue weighted by atomic mass is 10.0. The number of rotatable bonds is 0. The van der Waals surface area contributed by atoms with E-state index in [1.165, 1.54) is 25.0 Å². The second kappa shape index (κ2) is 4.05. The highest BCUT2D eigenvalue weighted by molar-refractivity contribution is 5.78. The number of anilines is 1. The number of halogens is 1. The van der Waals surface area contributed by atoms with E-state index in [4.69, 9.17) is 4.74 Å². The molecule has 98 valence electrons. The summed E-state index contributed by atoms with van der Waals surface area (Å²) in [6.45, 7) is 1.66. The van der Waals surface area contributed by atoms with Crippen LogP contribution >= 0.6 is 0 Å². The molecule has 1 aromatic carbocycles. The molecule has 1 saturated heterocycles. The maximum absolute atomic E-state index is 13.2. The van der Waals surface area contributed by atoms with Crippen molar-refractivity contribution in [3.63, 3.8) is 0 Å². The van der Waals surface area contributed by atoms with Gasteiger partial charge in [0.1, 0.15) is 12.4 Å². The number of benzene rings is 1. The van der Waals surface area contributed by atoms with Gasteiger partial charge in [-0.1, -0.05) is 0 Å². The molecule has 0 bridgehead atoms. The fraction of sp³-hybridized carbons (Fsp3) is 0.429. The Kier molecular flexibility index (Phi) is 2.33. The number of hydrogen-bond donors (Lipinski definition) is 0. The van der Waals surface area contributed by atoms with Crippen LogP contribution in [0.15, 0.2) is 18.2 Å². The van der Waals surface area contributed by atoms with Crippen molar-refractivity contribution in [3.8, 4) is 5.88 Å². The van der Waals surface area contributed by atoms with Crippen LogP contribution in [0.3, 0.4) is 0 Å². The van der Waals surface area contributed by atoms with E-state index in [2.05, 4.69) is 14.9 Å². The van der Waals surface area contributed by atoms with Gasteiger partial charge in [0.2, 0.25) is 0 Å². The molecule has 1 fully saturated rings. The van der Waals surface area contributed by atoms with Crippen molar-refractivity contribution in [2.45, 2.75) is 25.3 Å². The summed E-state index contributed by atoms with van der Waals surface area (Å²) in [5.41, 5.74) is 1.27. The summed E-state index contributed by atoms with van der Waals surface area (Å²) >= 11 is 0. The normalized spacial score (nSPS) is 21.7. The molecule has 4 nitrogen and oxygen atoms in total. The predicted molar refractivity (Wildman–Crippen MR) is 70.0 cm³/mol. The Morgan fingerprint density at radius 3 is 3.11 bits per heavy atom. The molecule has 2 aromatic rings. The van der Waals surface area contributed by atoms with Crippen LogP contribution in [0.4, 0.5) is 10.2 Å². The average molecular weight is 259 g/mol. The van der Waals surface area contributed by atoms with Crippen molar-refractivity contribution in [2.24, 2.45) is 0 Å². The van der Waals surface area contributed by atoms with Crippen molar-refractivity contribution in [2.75, 3.05) is 18.1 Å². The van der Waals surface area contributed by atoms with Gasteiger partial charge in [-0.05, 0) is 31.4 Å². The third kappa shape index (κ3) is 1.72. The summed E-state index contributed by atoms with van der Waals surface area (Å²) < 4.78 is 18.9. The number of hydrogen-bond acceptors (Lipinski definition) is 4. The van der Waals surface area contributed by atoms with E-state index in [0.29, 0.717) is 24.0 Å². The molecule has 0 aliphatic carbocycles. The largest absolute Gasteiger partial charge is 0.473 e. The van der Waals surface area contributed by atoms with Gasteiger partial charge in [-0.25, -0.2) is 14.4 Å². The summed E-state index contributed by atoms with van der Waals surface area (Å²) in [6, 6.07) is 4.90. The lowest BCUT2D eigenvalue weighted by molar-refractivity contribution is 0.230. The Balaban J connectivity index is 1.87. The van der Waals surface area contributed by atoms with E-state index in [1.807, 2.05) is 0 Å². The third-order valence-electron chi connectivity index (χ3n) is 3.89. The van der Waals surface area contributed by atoms with Gasteiger partial charge in [0.15, 0.2) is 5.82 Å². The van der Waals surface area contributed by atoms with Crippen LogP contribution in [0, 0.1) is 5.82 Å². The van der Waals surface area contributed by atoms with Gasteiger partial charge >= 0.3 is 0 Å². The zero-order valence-electron chi connectivity index (χ0n) is 10.5. The van der Waals surface area contributed by atoms with Crippen LogP contribution in [-0.4, -0.2) is 29.2 Å². The van der Waals surface area contributed by atoms with E-state index >= 15 is 0 Å². The topological polar surface area (TPSA) is 38.3 Å². The van der Waals surface area contributed by atoms with Crippen molar-refractivity contribution in [1.82, 2.24) is 9.97 Å². The number of aromatic nitrogens is 2. The van der Waals surface area contributed by atoms with E-state index in [-0.39, 0.29) is 5.82 Å². The summed E-state index contributed by atoms with van der Waals surface area (Å²) in [5.74, 6) is 1.06. The zero-order valence-corrected chi connectivity index (χ0v) is 10.5. The molecule has 2 aliphatic heterocycles. The van der Waals surface area contributed by atoms with Crippen LogP contribution < -0.4 is 9.64 Å². The van der Waals surface area contributed by atoms with E-state index in [1.54, 1.807) is 6.07 Å². The van der Waals surface area contributed by atoms with Crippen LogP contribution in [0.5, 0.6) is 5.88 Å². The molecule has 1 aromatic heterocycles. The van der Waals surface area contributed by atoms with Crippen molar-refractivity contribution in [1.29, 1.82) is 0 Å². The molecular formula is C14H14FN3O. The van der Waals surface area contributed by atoms with Gasteiger partial charge in [0.25, 0.3) is 5.88 Å². The Morgan fingerprint density at radius 2 is 2.16 bits per heavy atom. The standard InChI is InChI=1S/C14H14FN3O/c15-9-4-5-11-12(7-9)17-14-13(16-11)18-6-2-1-3-10(18)8-19-14/h4-5,7,10H,1-3,6,8H2. The lowest BCUT2D eigenvalue weighted by Gasteiger charge is -2.40. The number of ether oxygens (including phenoxy) is 1. The van der Waals surface area contributed by atoms with Crippen LogP contribution in [0.25, 0.3) is 11.0 Å². The predicted octanol–water partition coefficient (Wildman–Crippen LogP) is 2.52. The van der Waals surface area contributed by atoms with Crippen LogP contribution in [0.1, 0.15) is 19.3 Å². The van der Waals surface area contributed by atoms with Crippen LogP contribution in [0.2, 0.25) is 0 Å². The number of piperidine rings is 1. The summed E-state index contributed by atoms with van der Waals surface area (Å²) in [7, 11) is 0. The fourth-order valence-corrected chi connectivity index (χ4v) is 2.91. The molecule has 1 atom stereocenters. The van der Waals surface area contributed by atoms with Crippen molar-refractivity contribution >= 4 is 16.9 Å². The molecule has 0 N–H and O–H groups in total. The molecule has 5 heteroatoms. The van der Waals surface area contributed by atoms with Crippen molar-refractivity contribution < 1.29 is 9.13 Å². The zero-order chi connectivity index (χ0) is 12.8. The van der Waals surface area contributed by atoms with E-state index in [9.17, 15) is 4.39 Å². The average Bonchev–Trinajstić information content (AvgIpc) is 2.45. The highest BCUT2D eigenvalue weighted by Gasteiger charge is 2.32. The van der Waals surface area contributed by atoms with Gasteiger partial charge in [-0.2, -0.15) is 0 Å². The maximum Gasteiger partial charge on any atom is 0.258 e. The molecule has 0 radical (unpaired) electrons.